The average Bonchev–Trinajstić information content (AvgIpc) is 2.71. The van der Waals surface area contributed by atoms with E-state index in [4.69, 9.17) is 9.15 Å². The van der Waals surface area contributed by atoms with Gasteiger partial charge in [0.15, 0.2) is 6.61 Å². The molecular weight excluding hydrogens is 394 g/mol. The number of hydrogen-bond donors (Lipinski definition) is 1. The number of carbonyl (C=O) groups is 2. The number of fused-ring (bicyclic) bond motifs is 3. The molecule has 1 atom stereocenters. The summed E-state index contributed by atoms with van der Waals surface area (Å²) in [7, 11) is 0. The molecule has 1 N–H and O–H groups in total. The van der Waals surface area contributed by atoms with Gasteiger partial charge in [0.1, 0.15) is 11.3 Å². The zero-order chi connectivity index (χ0) is 21.0. The lowest BCUT2D eigenvalue weighted by atomic mass is 9.90. The molecule has 1 aromatic heterocycles. The predicted molar refractivity (Wildman–Crippen MR) is 109 cm³/mol. The van der Waals surface area contributed by atoms with Gasteiger partial charge in [0, 0.05) is 16.5 Å². The molecule has 0 radical (unpaired) electrons. The van der Waals surface area contributed by atoms with E-state index in [1.54, 1.807) is 13.0 Å². The smallest absolute Gasteiger partial charge is 0.339 e. The summed E-state index contributed by atoms with van der Waals surface area (Å²) >= 11 is 1.49. The Morgan fingerprint density at radius 1 is 1.28 bits per heavy atom. The van der Waals surface area contributed by atoms with E-state index in [-0.39, 0.29) is 18.7 Å². The fraction of sp³-hybridized carbons (Fsp3) is 0.476. The molecule has 1 heterocycles. The van der Waals surface area contributed by atoms with Gasteiger partial charge < -0.3 is 24.4 Å². The largest absolute Gasteiger partial charge is 0.548 e. The highest BCUT2D eigenvalue weighted by atomic mass is 32.2. The van der Waals surface area contributed by atoms with Crippen LogP contribution in [-0.2, 0) is 22.4 Å². The standard InChI is InChI=1S/C21H25NO6S/c1-12-17(27-11-18(23)22-16(20(24)25)9-10-29-2)8-7-14-13-5-3-4-6-15(13)21(26)28-19(12)14/h7-8,16H,3-6,9-11H2,1-2H3,(H,22,23)(H,24,25)/p-1/t16-/m0/s1. The van der Waals surface area contributed by atoms with Gasteiger partial charge in [-0.1, -0.05) is 0 Å². The molecule has 0 aliphatic heterocycles. The van der Waals surface area contributed by atoms with Crippen molar-refractivity contribution in [1.29, 1.82) is 0 Å². The maximum absolute atomic E-state index is 12.3. The summed E-state index contributed by atoms with van der Waals surface area (Å²) in [5.74, 6) is -0.861. The molecule has 1 aliphatic rings. The van der Waals surface area contributed by atoms with Crippen molar-refractivity contribution in [2.45, 2.75) is 45.1 Å². The number of thioether (sulfide) groups is 1. The maximum atomic E-state index is 12.3. The van der Waals surface area contributed by atoms with Crippen molar-refractivity contribution in [2.24, 2.45) is 0 Å². The lowest BCUT2D eigenvalue weighted by Crippen LogP contribution is -2.49. The monoisotopic (exact) mass is 418 g/mol. The van der Waals surface area contributed by atoms with Crippen molar-refractivity contribution in [3.63, 3.8) is 0 Å². The first-order valence-corrected chi connectivity index (χ1v) is 11.0. The number of hydrogen-bond acceptors (Lipinski definition) is 7. The van der Waals surface area contributed by atoms with Gasteiger partial charge in [-0.25, -0.2) is 4.79 Å². The summed E-state index contributed by atoms with van der Waals surface area (Å²) < 4.78 is 11.1. The van der Waals surface area contributed by atoms with Gasteiger partial charge in [-0.15, -0.1) is 0 Å². The highest BCUT2D eigenvalue weighted by Gasteiger charge is 2.20. The number of aryl methyl sites for hydroxylation is 2. The molecule has 29 heavy (non-hydrogen) atoms. The zero-order valence-corrected chi connectivity index (χ0v) is 17.4. The van der Waals surface area contributed by atoms with Crippen LogP contribution < -0.4 is 20.8 Å². The van der Waals surface area contributed by atoms with E-state index in [0.717, 1.165) is 42.2 Å². The third-order valence-corrected chi connectivity index (χ3v) is 5.82. The zero-order valence-electron chi connectivity index (χ0n) is 16.5. The molecule has 0 fully saturated rings. The van der Waals surface area contributed by atoms with Crippen molar-refractivity contribution in [1.82, 2.24) is 5.32 Å². The van der Waals surface area contributed by atoms with Crippen molar-refractivity contribution < 1.29 is 23.8 Å². The van der Waals surface area contributed by atoms with Crippen molar-refractivity contribution in [3.8, 4) is 5.75 Å². The highest BCUT2D eigenvalue weighted by Crippen LogP contribution is 2.32. The number of carboxylic acids is 1. The Balaban J connectivity index is 1.75. The molecule has 7 nitrogen and oxygen atoms in total. The van der Waals surface area contributed by atoms with E-state index in [1.165, 1.54) is 11.8 Å². The number of aliphatic carboxylic acids is 1. The number of carboxylic acid groups (broad SMARTS) is 1. The summed E-state index contributed by atoms with van der Waals surface area (Å²) in [4.78, 5) is 35.6. The summed E-state index contributed by atoms with van der Waals surface area (Å²) in [6, 6.07) is 2.55. The molecular formula is C21H24NO6S-. The molecule has 0 spiro atoms. The Morgan fingerprint density at radius 3 is 2.69 bits per heavy atom. The van der Waals surface area contributed by atoms with Crippen LogP contribution in [0.2, 0.25) is 0 Å². The van der Waals surface area contributed by atoms with E-state index < -0.39 is 17.9 Å². The van der Waals surface area contributed by atoms with Crippen LogP contribution in [0.25, 0.3) is 11.0 Å². The van der Waals surface area contributed by atoms with E-state index >= 15 is 0 Å². The molecule has 0 saturated heterocycles. The topological polar surface area (TPSA) is 109 Å². The number of ether oxygens (including phenoxy) is 1. The van der Waals surface area contributed by atoms with Gasteiger partial charge in [0.2, 0.25) is 0 Å². The van der Waals surface area contributed by atoms with Crippen LogP contribution >= 0.6 is 11.8 Å². The summed E-state index contributed by atoms with van der Waals surface area (Å²) in [5, 5.41) is 14.5. The first-order chi connectivity index (χ1) is 13.9. The Bertz CT molecular complexity index is 983. The summed E-state index contributed by atoms with van der Waals surface area (Å²) in [6.45, 7) is 1.43. The normalized spacial score (nSPS) is 14.3. The van der Waals surface area contributed by atoms with E-state index in [1.807, 2.05) is 12.3 Å². The highest BCUT2D eigenvalue weighted by molar-refractivity contribution is 7.98. The van der Waals surface area contributed by atoms with Gasteiger partial charge in [0.05, 0.1) is 12.0 Å². The Kier molecular flexibility index (Phi) is 6.84. The van der Waals surface area contributed by atoms with E-state index in [9.17, 15) is 19.5 Å². The molecule has 1 aliphatic carbocycles. The van der Waals surface area contributed by atoms with Crippen LogP contribution in [0.3, 0.4) is 0 Å². The van der Waals surface area contributed by atoms with E-state index in [2.05, 4.69) is 5.32 Å². The predicted octanol–water partition coefficient (Wildman–Crippen LogP) is 1.35. The van der Waals surface area contributed by atoms with Crippen LogP contribution in [0.5, 0.6) is 5.75 Å². The quantitative estimate of drug-likeness (QED) is 0.645. The second kappa shape index (κ2) is 9.35. The molecule has 0 bridgehead atoms. The minimum Gasteiger partial charge on any atom is -0.548 e. The molecule has 1 amide bonds. The third-order valence-electron chi connectivity index (χ3n) is 5.18. The van der Waals surface area contributed by atoms with Crippen LogP contribution in [0.15, 0.2) is 21.3 Å². The van der Waals surface area contributed by atoms with Crippen molar-refractivity contribution in [3.05, 3.63) is 39.2 Å². The number of nitrogens with one attached hydrogen (secondary N) is 1. The Hall–Kier alpha value is -2.48. The lowest BCUT2D eigenvalue weighted by molar-refractivity contribution is -0.308. The molecule has 2 aromatic rings. The summed E-state index contributed by atoms with van der Waals surface area (Å²) in [5.41, 5.74) is 2.60. The second-order valence-corrected chi connectivity index (χ2v) is 8.11. The molecule has 156 valence electrons. The fourth-order valence-corrected chi connectivity index (χ4v) is 4.12. The van der Waals surface area contributed by atoms with Gasteiger partial charge in [-0.3, -0.25) is 4.79 Å². The Labute approximate surface area is 172 Å². The minimum atomic E-state index is -1.32. The first kappa shape index (κ1) is 21.2. The summed E-state index contributed by atoms with van der Waals surface area (Å²) in [6.07, 6.45) is 5.75. The second-order valence-electron chi connectivity index (χ2n) is 7.13. The van der Waals surface area contributed by atoms with Crippen LogP contribution in [0.4, 0.5) is 0 Å². The fourth-order valence-electron chi connectivity index (χ4n) is 3.65. The SMILES string of the molecule is CSCC[C@H](NC(=O)COc1ccc2c3c(c(=O)oc2c1C)CCCC3)C(=O)[O-]. The van der Waals surface area contributed by atoms with Crippen LogP contribution in [-0.4, -0.2) is 36.5 Å². The lowest BCUT2D eigenvalue weighted by Gasteiger charge is -2.20. The number of benzene rings is 1. The number of rotatable bonds is 8. The van der Waals surface area contributed by atoms with Crippen LogP contribution in [0, 0.1) is 6.92 Å². The molecule has 0 unspecified atom stereocenters. The van der Waals surface area contributed by atoms with Crippen molar-refractivity contribution in [2.75, 3.05) is 18.6 Å². The van der Waals surface area contributed by atoms with Crippen molar-refractivity contribution >= 4 is 34.6 Å². The molecule has 8 heteroatoms. The minimum absolute atomic E-state index is 0.278. The van der Waals surface area contributed by atoms with Gasteiger partial charge in [0.25, 0.3) is 5.91 Å². The maximum Gasteiger partial charge on any atom is 0.339 e. The first-order valence-electron chi connectivity index (χ1n) is 9.62. The third kappa shape index (κ3) is 4.75. The number of amides is 1. The Morgan fingerprint density at radius 2 is 2.00 bits per heavy atom. The molecule has 0 saturated carbocycles. The van der Waals surface area contributed by atoms with Gasteiger partial charge in [-0.2, -0.15) is 11.8 Å². The number of carbonyl (C=O) groups excluding carboxylic acids is 2. The molecule has 3 rings (SSSR count). The molecule has 1 aromatic carbocycles. The van der Waals surface area contributed by atoms with Gasteiger partial charge >= 0.3 is 5.63 Å². The van der Waals surface area contributed by atoms with Gasteiger partial charge in [-0.05, 0) is 68.7 Å². The van der Waals surface area contributed by atoms with E-state index in [0.29, 0.717) is 22.6 Å². The average molecular weight is 418 g/mol. The van der Waals surface area contributed by atoms with Crippen LogP contribution in [0.1, 0.15) is 36.0 Å².